The normalized spacial score (nSPS) is 17.9. The molecule has 0 spiro atoms. The van der Waals surface area contributed by atoms with Crippen LogP contribution >= 0.6 is 11.6 Å². The van der Waals surface area contributed by atoms with Crippen molar-refractivity contribution in [2.45, 2.75) is 30.8 Å². The molecule has 2 aromatic carbocycles. The van der Waals surface area contributed by atoms with E-state index in [-0.39, 0.29) is 5.91 Å². The molecule has 1 heterocycles. The lowest BCUT2D eigenvalue weighted by Crippen LogP contribution is -2.51. The third-order valence-electron chi connectivity index (χ3n) is 5.90. The van der Waals surface area contributed by atoms with Crippen molar-refractivity contribution >= 4 is 17.5 Å². The van der Waals surface area contributed by atoms with Crippen molar-refractivity contribution in [1.29, 1.82) is 0 Å². The van der Waals surface area contributed by atoms with Crippen LogP contribution in [0.25, 0.3) is 0 Å². The molecule has 1 aliphatic rings. The van der Waals surface area contributed by atoms with Gasteiger partial charge < -0.3 is 19.5 Å². The van der Waals surface area contributed by atoms with Crippen LogP contribution in [0.3, 0.4) is 0 Å². The molecule has 0 saturated carbocycles. The van der Waals surface area contributed by atoms with Crippen LogP contribution in [0.1, 0.15) is 30.9 Å². The molecule has 1 N–H and O–H groups in total. The van der Waals surface area contributed by atoms with E-state index in [0.717, 1.165) is 16.9 Å². The predicted molar refractivity (Wildman–Crippen MR) is 114 cm³/mol. The van der Waals surface area contributed by atoms with Gasteiger partial charge >= 0.3 is 0 Å². The molecule has 1 aliphatic heterocycles. The molecule has 5 nitrogen and oxygen atoms in total. The van der Waals surface area contributed by atoms with Crippen LogP contribution in [-0.2, 0) is 25.3 Å². The Bertz CT molecular complexity index is 833. The van der Waals surface area contributed by atoms with Gasteiger partial charge in [-0.3, -0.25) is 4.79 Å². The molecule has 6 heteroatoms. The fourth-order valence-corrected chi connectivity index (χ4v) is 3.99. The minimum Gasteiger partial charge on any atom is -0.497 e. The van der Waals surface area contributed by atoms with E-state index in [1.165, 1.54) is 0 Å². The van der Waals surface area contributed by atoms with E-state index in [1.807, 2.05) is 55.5 Å². The Morgan fingerprint density at radius 2 is 1.86 bits per heavy atom. The van der Waals surface area contributed by atoms with Crippen molar-refractivity contribution in [2.24, 2.45) is 0 Å². The molecule has 1 atom stereocenters. The van der Waals surface area contributed by atoms with Crippen LogP contribution in [0, 0.1) is 0 Å². The van der Waals surface area contributed by atoms with Gasteiger partial charge in [0.1, 0.15) is 11.4 Å². The van der Waals surface area contributed by atoms with Crippen molar-refractivity contribution in [3.8, 4) is 5.75 Å². The van der Waals surface area contributed by atoms with Crippen molar-refractivity contribution in [1.82, 2.24) is 5.32 Å². The topological polar surface area (TPSA) is 56.8 Å². The summed E-state index contributed by atoms with van der Waals surface area (Å²) in [6.45, 7) is 3.38. The first kappa shape index (κ1) is 21.6. The molecule has 0 radical (unpaired) electrons. The number of carbonyl (C=O) groups is 1. The van der Waals surface area contributed by atoms with Crippen molar-refractivity contribution in [3.63, 3.8) is 0 Å². The quantitative estimate of drug-likeness (QED) is 0.737. The van der Waals surface area contributed by atoms with Crippen LogP contribution in [0.5, 0.6) is 5.75 Å². The summed E-state index contributed by atoms with van der Waals surface area (Å²) in [6, 6.07) is 15.2. The van der Waals surface area contributed by atoms with Crippen LogP contribution in [0.15, 0.2) is 48.5 Å². The minimum absolute atomic E-state index is 0.0173. The van der Waals surface area contributed by atoms with Crippen LogP contribution in [0.4, 0.5) is 0 Å². The number of methoxy groups -OCH3 is 2. The highest BCUT2D eigenvalue weighted by molar-refractivity contribution is 6.30. The number of hydrogen-bond donors (Lipinski definition) is 1. The molecule has 156 valence electrons. The first-order valence-corrected chi connectivity index (χ1v) is 10.1. The maximum Gasteiger partial charge on any atom is 0.230 e. The Kier molecular flexibility index (Phi) is 6.83. The summed E-state index contributed by atoms with van der Waals surface area (Å²) in [5.74, 6) is 0.751. The van der Waals surface area contributed by atoms with E-state index in [0.29, 0.717) is 37.6 Å². The number of benzene rings is 2. The van der Waals surface area contributed by atoms with Gasteiger partial charge in [0.15, 0.2) is 0 Å². The largest absolute Gasteiger partial charge is 0.497 e. The zero-order valence-electron chi connectivity index (χ0n) is 17.2. The number of rotatable bonds is 7. The number of amides is 1. The molecule has 0 aliphatic carbocycles. The standard InChI is InChI=1S/C23H28ClNO4/c1-22(28-3,18-5-4-6-19(24)15-18)16-25-21(26)23(11-13-29-14-12-23)17-7-9-20(27-2)10-8-17/h4-10,15H,11-14,16H2,1-3H3,(H,25,26). The Balaban J connectivity index is 1.83. The molecule has 0 aromatic heterocycles. The molecular formula is C23H28ClNO4. The second kappa shape index (κ2) is 9.16. The molecule has 1 fully saturated rings. The highest BCUT2D eigenvalue weighted by Crippen LogP contribution is 2.36. The summed E-state index contributed by atoms with van der Waals surface area (Å²) < 4.78 is 16.6. The lowest BCUT2D eigenvalue weighted by atomic mass is 9.73. The first-order valence-electron chi connectivity index (χ1n) is 9.75. The van der Waals surface area contributed by atoms with E-state index >= 15 is 0 Å². The number of halogens is 1. The molecule has 0 bridgehead atoms. The molecule has 29 heavy (non-hydrogen) atoms. The van der Waals surface area contributed by atoms with Gasteiger partial charge in [-0.05, 0) is 55.2 Å². The summed E-state index contributed by atoms with van der Waals surface area (Å²) in [4.78, 5) is 13.5. The van der Waals surface area contributed by atoms with Gasteiger partial charge in [-0.1, -0.05) is 35.9 Å². The Morgan fingerprint density at radius 3 is 2.45 bits per heavy atom. The van der Waals surface area contributed by atoms with Gasteiger partial charge in [0.25, 0.3) is 0 Å². The molecular weight excluding hydrogens is 390 g/mol. The van der Waals surface area contributed by atoms with Gasteiger partial charge in [-0.2, -0.15) is 0 Å². The number of carbonyl (C=O) groups excluding carboxylic acids is 1. The van der Waals surface area contributed by atoms with E-state index in [4.69, 9.17) is 25.8 Å². The summed E-state index contributed by atoms with van der Waals surface area (Å²) in [7, 11) is 3.27. The smallest absolute Gasteiger partial charge is 0.230 e. The summed E-state index contributed by atoms with van der Waals surface area (Å²) >= 11 is 6.15. The number of ether oxygens (including phenoxy) is 3. The maximum absolute atomic E-state index is 13.5. The zero-order valence-corrected chi connectivity index (χ0v) is 17.9. The molecule has 1 amide bonds. The lowest BCUT2D eigenvalue weighted by Gasteiger charge is -2.38. The summed E-state index contributed by atoms with van der Waals surface area (Å²) in [5.41, 5.74) is 0.569. The van der Waals surface area contributed by atoms with Gasteiger partial charge in [0, 0.05) is 25.3 Å². The van der Waals surface area contributed by atoms with Gasteiger partial charge in [-0.15, -0.1) is 0 Å². The monoisotopic (exact) mass is 417 g/mol. The van der Waals surface area contributed by atoms with Crippen molar-refractivity contribution in [3.05, 3.63) is 64.7 Å². The molecule has 1 saturated heterocycles. The SMILES string of the molecule is COc1ccc(C2(C(=O)NCC(C)(OC)c3cccc(Cl)c3)CCOCC2)cc1. The van der Waals surface area contributed by atoms with Gasteiger partial charge in [0.05, 0.1) is 19.1 Å². The lowest BCUT2D eigenvalue weighted by molar-refractivity contribution is -0.132. The first-order chi connectivity index (χ1) is 13.9. The number of nitrogens with one attached hydrogen (secondary N) is 1. The molecule has 1 unspecified atom stereocenters. The van der Waals surface area contributed by atoms with E-state index in [2.05, 4.69) is 5.32 Å². The van der Waals surface area contributed by atoms with E-state index in [1.54, 1.807) is 14.2 Å². The second-order valence-electron chi connectivity index (χ2n) is 7.55. The average molecular weight is 418 g/mol. The van der Waals surface area contributed by atoms with Gasteiger partial charge in [-0.25, -0.2) is 0 Å². The second-order valence-corrected chi connectivity index (χ2v) is 7.99. The van der Waals surface area contributed by atoms with E-state index < -0.39 is 11.0 Å². The average Bonchev–Trinajstić information content (AvgIpc) is 2.77. The van der Waals surface area contributed by atoms with Crippen molar-refractivity contribution in [2.75, 3.05) is 34.0 Å². The summed E-state index contributed by atoms with van der Waals surface area (Å²) in [5, 5.41) is 3.77. The predicted octanol–water partition coefficient (Wildman–Crippen LogP) is 4.07. The Labute approximate surface area is 177 Å². The Morgan fingerprint density at radius 1 is 1.17 bits per heavy atom. The third kappa shape index (κ3) is 4.58. The third-order valence-corrected chi connectivity index (χ3v) is 6.13. The zero-order chi connectivity index (χ0) is 20.9. The maximum atomic E-state index is 13.5. The highest BCUT2D eigenvalue weighted by atomic mass is 35.5. The van der Waals surface area contributed by atoms with E-state index in [9.17, 15) is 4.79 Å². The summed E-state index contributed by atoms with van der Waals surface area (Å²) in [6.07, 6.45) is 1.26. The van der Waals surface area contributed by atoms with Crippen LogP contribution < -0.4 is 10.1 Å². The fraction of sp³-hybridized carbons (Fsp3) is 0.435. The minimum atomic E-state index is -0.688. The van der Waals surface area contributed by atoms with Crippen LogP contribution in [0.2, 0.25) is 5.02 Å². The molecule has 2 aromatic rings. The fourth-order valence-electron chi connectivity index (χ4n) is 3.80. The van der Waals surface area contributed by atoms with Gasteiger partial charge in [0.2, 0.25) is 5.91 Å². The molecule has 3 rings (SSSR count). The van der Waals surface area contributed by atoms with Crippen molar-refractivity contribution < 1.29 is 19.0 Å². The number of hydrogen-bond acceptors (Lipinski definition) is 4. The Hall–Kier alpha value is -2.08. The van der Waals surface area contributed by atoms with Crippen LogP contribution in [-0.4, -0.2) is 39.9 Å². The highest BCUT2D eigenvalue weighted by Gasteiger charge is 2.42.